The molecule has 1 heterocycles. The van der Waals surface area contributed by atoms with Crippen LogP contribution < -0.4 is 14.8 Å². The fourth-order valence-electron chi connectivity index (χ4n) is 3.45. The van der Waals surface area contributed by atoms with Gasteiger partial charge in [-0.05, 0) is 70.4 Å². The maximum Gasteiger partial charge on any atom is 0.408 e. The summed E-state index contributed by atoms with van der Waals surface area (Å²) in [5.41, 5.74) is 1.63. The summed E-state index contributed by atoms with van der Waals surface area (Å²) >= 11 is 0. The molecular weight excluding hydrogens is 424 g/mol. The number of aliphatic hydroxyl groups excluding tert-OH is 1. The number of alkyl carbamates (subject to hydrolysis) is 1. The Morgan fingerprint density at radius 1 is 1.12 bits per heavy atom. The first-order valence-corrected chi connectivity index (χ1v) is 10.8. The van der Waals surface area contributed by atoms with Crippen LogP contribution in [0.25, 0.3) is 22.6 Å². The van der Waals surface area contributed by atoms with Gasteiger partial charge in [0.1, 0.15) is 11.1 Å². The smallest absolute Gasteiger partial charge is 0.408 e. The van der Waals surface area contributed by atoms with Crippen molar-refractivity contribution in [2.24, 2.45) is 0 Å². The number of nitrogens with one attached hydrogen (secondary N) is 1. The molecule has 3 aromatic rings. The van der Waals surface area contributed by atoms with Gasteiger partial charge in [0.05, 0.1) is 31.9 Å². The Hall–Kier alpha value is -3.26. The minimum atomic E-state index is -0.819. The van der Waals surface area contributed by atoms with E-state index in [4.69, 9.17) is 18.6 Å². The zero-order valence-electron chi connectivity index (χ0n) is 20.0. The molecule has 0 bridgehead atoms. The second kappa shape index (κ2) is 9.70. The summed E-state index contributed by atoms with van der Waals surface area (Å²) in [5, 5.41) is 12.7. The Labute approximate surface area is 193 Å². The molecule has 0 saturated heterocycles. The maximum atomic E-state index is 12.2. The number of methoxy groups -OCH3 is 2. The van der Waals surface area contributed by atoms with E-state index in [1.54, 1.807) is 41.9 Å². The van der Waals surface area contributed by atoms with Crippen molar-refractivity contribution in [2.45, 2.75) is 51.7 Å². The molecule has 2 N–H and O–H groups in total. The fraction of sp³-hybridized carbons (Fsp3) is 0.440. The van der Waals surface area contributed by atoms with Crippen LogP contribution in [-0.4, -0.2) is 48.2 Å². The summed E-state index contributed by atoms with van der Waals surface area (Å²) < 4.78 is 22.1. The van der Waals surface area contributed by atoms with Gasteiger partial charge < -0.3 is 29.1 Å². The summed E-state index contributed by atoms with van der Waals surface area (Å²) in [7, 11) is 3.16. The van der Waals surface area contributed by atoms with Crippen LogP contribution in [0.1, 0.15) is 39.7 Å². The average molecular weight is 457 g/mol. The number of nitrogens with zero attached hydrogens (tertiary/aromatic N) is 1. The van der Waals surface area contributed by atoms with E-state index < -0.39 is 17.2 Å². The molecule has 0 aliphatic carbocycles. The molecule has 0 fully saturated rings. The first-order chi connectivity index (χ1) is 15.6. The summed E-state index contributed by atoms with van der Waals surface area (Å²) in [6.45, 7) is 6.97. The number of amides is 1. The predicted molar refractivity (Wildman–Crippen MR) is 126 cm³/mol. The minimum absolute atomic E-state index is 0.210. The van der Waals surface area contributed by atoms with Crippen molar-refractivity contribution in [3.8, 4) is 23.0 Å². The molecule has 1 aromatic heterocycles. The van der Waals surface area contributed by atoms with Gasteiger partial charge in [-0.15, -0.1) is 0 Å². The van der Waals surface area contributed by atoms with Crippen LogP contribution in [0.4, 0.5) is 4.79 Å². The lowest BCUT2D eigenvalue weighted by molar-refractivity contribution is 0.0407. The molecule has 1 amide bonds. The summed E-state index contributed by atoms with van der Waals surface area (Å²) in [6, 6.07) is 11.3. The number of fused-ring (bicyclic) bond motifs is 1. The SMILES string of the molecule is COc1cccc(-c2nc3cc(CC[C@](C)(CO)NC(=O)OC(C)(C)C)ccc3o2)c1OC. The van der Waals surface area contributed by atoms with Crippen molar-refractivity contribution in [3.63, 3.8) is 0 Å². The highest BCUT2D eigenvalue weighted by Gasteiger charge is 2.28. The highest BCUT2D eigenvalue weighted by molar-refractivity contribution is 5.79. The van der Waals surface area contributed by atoms with E-state index in [2.05, 4.69) is 10.3 Å². The third-order valence-electron chi connectivity index (χ3n) is 5.20. The van der Waals surface area contributed by atoms with E-state index in [-0.39, 0.29) is 6.61 Å². The van der Waals surface area contributed by atoms with Crippen LogP contribution in [0.3, 0.4) is 0 Å². The lowest BCUT2D eigenvalue weighted by Crippen LogP contribution is -2.50. The number of aliphatic hydroxyl groups is 1. The molecule has 33 heavy (non-hydrogen) atoms. The first-order valence-electron chi connectivity index (χ1n) is 10.8. The van der Waals surface area contributed by atoms with Gasteiger partial charge in [-0.2, -0.15) is 0 Å². The molecule has 2 aromatic carbocycles. The molecule has 8 nitrogen and oxygen atoms in total. The Kier molecular flexibility index (Phi) is 7.17. The normalized spacial score (nSPS) is 13.4. The lowest BCUT2D eigenvalue weighted by Gasteiger charge is -2.30. The summed E-state index contributed by atoms with van der Waals surface area (Å²) in [4.78, 5) is 16.8. The monoisotopic (exact) mass is 456 g/mol. The number of ether oxygens (including phenoxy) is 3. The largest absolute Gasteiger partial charge is 0.493 e. The molecule has 0 aliphatic rings. The van der Waals surface area contributed by atoms with Crippen LogP contribution in [0.5, 0.6) is 11.5 Å². The van der Waals surface area contributed by atoms with Gasteiger partial charge in [0.25, 0.3) is 0 Å². The summed E-state index contributed by atoms with van der Waals surface area (Å²) in [6.07, 6.45) is 0.582. The molecule has 0 spiro atoms. The fourth-order valence-corrected chi connectivity index (χ4v) is 3.45. The number of carbonyl (C=O) groups is 1. The lowest BCUT2D eigenvalue weighted by atomic mass is 9.94. The number of hydrogen-bond acceptors (Lipinski definition) is 7. The van der Waals surface area contributed by atoms with Crippen LogP contribution in [0.2, 0.25) is 0 Å². The van der Waals surface area contributed by atoms with Crippen molar-refractivity contribution in [1.82, 2.24) is 10.3 Å². The van der Waals surface area contributed by atoms with Gasteiger partial charge in [-0.1, -0.05) is 12.1 Å². The van der Waals surface area contributed by atoms with Crippen molar-refractivity contribution in [3.05, 3.63) is 42.0 Å². The van der Waals surface area contributed by atoms with Gasteiger partial charge in [0.15, 0.2) is 17.1 Å². The van der Waals surface area contributed by atoms with Gasteiger partial charge in [0.2, 0.25) is 5.89 Å². The molecular formula is C25H32N2O6. The Morgan fingerprint density at radius 2 is 1.88 bits per heavy atom. The molecule has 0 saturated carbocycles. The minimum Gasteiger partial charge on any atom is -0.493 e. The highest BCUT2D eigenvalue weighted by Crippen LogP contribution is 2.38. The standard InChI is InChI=1S/C25H32N2O6/c1-24(2,3)33-23(29)27-25(4,15-28)13-12-16-10-11-19-18(14-16)26-22(32-19)17-8-7-9-20(30-5)21(17)31-6/h7-11,14,28H,12-13,15H2,1-6H3,(H,27,29)/t25-/m1/s1. The van der Waals surface area contributed by atoms with Crippen molar-refractivity contribution in [1.29, 1.82) is 0 Å². The van der Waals surface area contributed by atoms with Crippen LogP contribution in [0.15, 0.2) is 40.8 Å². The van der Waals surface area contributed by atoms with Gasteiger partial charge in [0, 0.05) is 0 Å². The van der Waals surface area contributed by atoms with Gasteiger partial charge in [-0.25, -0.2) is 9.78 Å². The van der Waals surface area contributed by atoms with E-state index in [9.17, 15) is 9.90 Å². The Morgan fingerprint density at radius 3 is 2.52 bits per heavy atom. The number of carbonyl (C=O) groups excluding carboxylic acids is 1. The quantitative estimate of drug-likeness (QED) is 0.505. The molecule has 0 aliphatic heterocycles. The zero-order chi connectivity index (χ0) is 24.2. The highest BCUT2D eigenvalue weighted by atomic mass is 16.6. The number of para-hydroxylation sites is 1. The molecule has 0 radical (unpaired) electrons. The number of aromatic nitrogens is 1. The number of rotatable bonds is 8. The second-order valence-electron chi connectivity index (χ2n) is 9.21. The maximum absolute atomic E-state index is 12.2. The van der Waals surface area contributed by atoms with E-state index in [0.717, 1.165) is 5.56 Å². The van der Waals surface area contributed by atoms with E-state index in [1.165, 1.54) is 0 Å². The molecule has 3 rings (SSSR count). The first kappa shape index (κ1) is 24.4. The number of aryl methyl sites for hydroxylation is 1. The van der Waals surface area contributed by atoms with Crippen LogP contribution in [-0.2, 0) is 11.2 Å². The van der Waals surface area contributed by atoms with Crippen molar-refractivity contribution >= 4 is 17.2 Å². The number of benzene rings is 2. The van der Waals surface area contributed by atoms with Crippen molar-refractivity contribution < 1.29 is 28.5 Å². The Balaban J connectivity index is 1.78. The van der Waals surface area contributed by atoms with E-state index in [0.29, 0.717) is 46.9 Å². The van der Waals surface area contributed by atoms with E-state index >= 15 is 0 Å². The van der Waals surface area contributed by atoms with Gasteiger partial charge in [-0.3, -0.25) is 0 Å². The zero-order valence-corrected chi connectivity index (χ0v) is 20.0. The topological polar surface area (TPSA) is 103 Å². The molecule has 8 heteroatoms. The summed E-state index contributed by atoms with van der Waals surface area (Å²) in [5.74, 6) is 1.59. The molecule has 1 atom stereocenters. The number of oxazole rings is 1. The molecule has 178 valence electrons. The van der Waals surface area contributed by atoms with Gasteiger partial charge >= 0.3 is 6.09 Å². The predicted octanol–water partition coefficient (Wildman–Crippen LogP) is 4.72. The van der Waals surface area contributed by atoms with E-state index in [1.807, 2.05) is 36.4 Å². The van der Waals surface area contributed by atoms with Crippen LogP contribution in [0, 0.1) is 0 Å². The second-order valence-corrected chi connectivity index (χ2v) is 9.21. The van der Waals surface area contributed by atoms with Crippen molar-refractivity contribution in [2.75, 3.05) is 20.8 Å². The third-order valence-corrected chi connectivity index (χ3v) is 5.20. The number of hydrogen-bond donors (Lipinski definition) is 2. The van der Waals surface area contributed by atoms with Crippen LogP contribution >= 0.6 is 0 Å². The average Bonchev–Trinajstić information content (AvgIpc) is 3.19. The molecule has 0 unspecified atom stereocenters. The third kappa shape index (κ3) is 5.96. The Bertz CT molecular complexity index is 1120.